The van der Waals surface area contributed by atoms with Crippen LogP contribution in [-0.2, 0) is 14.6 Å². The number of rotatable bonds is 7. The van der Waals surface area contributed by atoms with Gasteiger partial charge in [-0.2, -0.15) is 0 Å². The van der Waals surface area contributed by atoms with Crippen molar-refractivity contribution in [2.24, 2.45) is 11.3 Å². The fourth-order valence-corrected chi connectivity index (χ4v) is 4.76. The van der Waals surface area contributed by atoms with Gasteiger partial charge in [-0.05, 0) is 17.8 Å². The Labute approximate surface area is 119 Å². The highest BCUT2D eigenvalue weighted by molar-refractivity contribution is 9.09. The molecule has 18 heavy (non-hydrogen) atoms. The van der Waals surface area contributed by atoms with Crippen LogP contribution in [0, 0.1) is 11.3 Å². The maximum atomic E-state index is 11.9. The van der Waals surface area contributed by atoms with E-state index in [0.717, 1.165) is 6.42 Å². The van der Waals surface area contributed by atoms with Gasteiger partial charge in [0.15, 0.2) is 9.84 Å². The van der Waals surface area contributed by atoms with Gasteiger partial charge in [0.05, 0.1) is 5.75 Å². The zero-order chi connectivity index (χ0) is 14.4. The van der Waals surface area contributed by atoms with Crippen LogP contribution in [0.3, 0.4) is 0 Å². The molecule has 1 atom stereocenters. The highest BCUT2D eigenvalue weighted by Crippen LogP contribution is 2.28. The van der Waals surface area contributed by atoms with Gasteiger partial charge in [0.1, 0.15) is 5.75 Å². The summed E-state index contributed by atoms with van der Waals surface area (Å²) in [6.07, 6.45) is 0.803. The van der Waals surface area contributed by atoms with Crippen molar-refractivity contribution >= 4 is 31.7 Å². The van der Waals surface area contributed by atoms with Crippen molar-refractivity contribution < 1.29 is 13.2 Å². The average Bonchev–Trinajstić information content (AvgIpc) is 2.20. The smallest absolute Gasteiger partial charge is 0.235 e. The van der Waals surface area contributed by atoms with Crippen LogP contribution in [0.1, 0.15) is 34.1 Å². The second-order valence-electron chi connectivity index (χ2n) is 5.62. The minimum Gasteiger partial charge on any atom is -0.355 e. The minimum absolute atomic E-state index is 0.00137. The Morgan fingerprint density at radius 1 is 1.33 bits per heavy atom. The molecule has 0 radical (unpaired) electrons. The summed E-state index contributed by atoms with van der Waals surface area (Å²) < 4.78 is 23.9. The Kier molecular flexibility index (Phi) is 7.44. The molecule has 0 rings (SSSR count). The molecule has 1 unspecified atom stereocenters. The number of amides is 1. The first-order valence-electron chi connectivity index (χ1n) is 6.15. The van der Waals surface area contributed by atoms with Gasteiger partial charge in [-0.25, -0.2) is 8.42 Å². The van der Waals surface area contributed by atoms with Crippen LogP contribution in [0.4, 0.5) is 0 Å². The molecule has 108 valence electrons. The Morgan fingerprint density at radius 3 is 2.28 bits per heavy atom. The van der Waals surface area contributed by atoms with E-state index in [0.29, 0.717) is 11.9 Å². The lowest BCUT2D eigenvalue weighted by Gasteiger charge is -2.28. The van der Waals surface area contributed by atoms with Crippen molar-refractivity contribution in [3.8, 4) is 0 Å². The Morgan fingerprint density at radius 2 is 1.89 bits per heavy atom. The second-order valence-corrected chi connectivity index (χ2v) is 8.38. The first-order chi connectivity index (χ1) is 8.12. The molecular weight excluding hydrogens is 318 g/mol. The highest BCUT2D eigenvalue weighted by atomic mass is 79.9. The van der Waals surface area contributed by atoms with Crippen molar-refractivity contribution in [1.29, 1.82) is 0 Å². The predicted molar refractivity (Wildman–Crippen MR) is 78.7 cm³/mol. The topological polar surface area (TPSA) is 63.2 Å². The molecule has 0 saturated carbocycles. The maximum Gasteiger partial charge on any atom is 0.235 e. The fourth-order valence-electron chi connectivity index (χ4n) is 1.41. The summed E-state index contributed by atoms with van der Waals surface area (Å²) in [5, 5.41) is 3.21. The Bertz CT molecular complexity index is 360. The number of halogens is 1. The summed E-state index contributed by atoms with van der Waals surface area (Å²) in [6, 6.07) is 0. The molecule has 0 aliphatic carbocycles. The van der Waals surface area contributed by atoms with Crippen molar-refractivity contribution in [3.05, 3.63) is 0 Å². The number of nitrogens with one attached hydrogen (secondary N) is 1. The van der Waals surface area contributed by atoms with Gasteiger partial charge >= 0.3 is 0 Å². The number of hydrogen-bond acceptors (Lipinski definition) is 3. The second kappa shape index (κ2) is 7.48. The number of carbonyl (C=O) groups is 1. The van der Waals surface area contributed by atoms with Gasteiger partial charge in [0.25, 0.3) is 0 Å². The zero-order valence-corrected chi connectivity index (χ0v) is 14.0. The van der Waals surface area contributed by atoms with Crippen LogP contribution in [0.15, 0.2) is 0 Å². The molecule has 0 spiro atoms. The van der Waals surface area contributed by atoms with Crippen molar-refractivity contribution in [2.45, 2.75) is 34.1 Å². The largest absolute Gasteiger partial charge is 0.355 e. The quantitative estimate of drug-likeness (QED) is 0.720. The van der Waals surface area contributed by atoms with E-state index in [1.165, 1.54) is 0 Å². The molecule has 0 heterocycles. The summed E-state index contributed by atoms with van der Waals surface area (Å²) in [4.78, 5) is 11.4. The molecule has 4 nitrogen and oxygen atoms in total. The Hall–Kier alpha value is -0.100. The third-order valence-corrected chi connectivity index (χ3v) is 5.18. The van der Waals surface area contributed by atoms with E-state index in [2.05, 4.69) is 21.2 Å². The van der Waals surface area contributed by atoms with Crippen molar-refractivity contribution in [3.63, 3.8) is 0 Å². The number of hydrogen-bond donors (Lipinski definition) is 1. The van der Waals surface area contributed by atoms with Crippen LogP contribution in [0.2, 0.25) is 0 Å². The van der Waals surface area contributed by atoms with Crippen LogP contribution in [-0.4, -0.2) is 37.7 Å². The maximum absolute atomic E-state index is 11.9. The molecule has 0 saturated heterocycles. The lowest BCUT2D eigenvalue weighted by atomic mass is 9.83. The number of alkyl halides is 1. The van der Waals surface area contributed by atoms with Gasteiger partial charge in [-0.1, -0.05) is 43.6 Å². The van der Waals surface area contributed by atoms with Gasteiger partial charge in [-0.3, -0.25) is 4.79 Å². The van der Waals surface area contributed by atoms with Crippen LogP contribution in [0.25, 0.3) is 0 Å². The SMILES string of the molecule is CCCNC(=O)CS(=O)(=O)CC(CBr)C(C)(C)C. The average molecular weight is 342 g/mol. The summed E-state index contributed by atoms with van der Waals surface area (Å²) in [5.74, 6) is -0.769. The number of sulfone groups is 1. The zero-order valence-electron chi connectivity index (χ0n) is 11.6. The van der Waals surface area contributed by atoms with E-state index in [1.54, 1.807) is 0 Å². The van der Waals surface area contributed by atoms with E-state index < -0.39 is 21.5 Å². The van der Waals surface area contributed by atoms with E-state index in [4.69, 9.17) is 0 Å². The summed E-state index contributed by atoms with van der Waals surface area (Å²) in [7, 11) is -3.35. The summed E-state index contributed by atoms with van der Waals surface area (Å²) in [6.45, 7) is 8.47. The monoisotopic (exact) mass is 341 g/mol. The van der Waals surface area contributed by atoms with E-state index in [-0.39, 0.29) is 17.1 Å². The lowest BCUT2D eigenvalue weighted by molar-refractivity contribution is -0.118. The van der Waals surface area contributed by atoms with Gasteiger partial charge in [-0.15, -0.1) is 0 Å². The van der Waals surface area contributed by atoms with Crippen molar-refractivity contribution in [2.75, 3.05) is 23.4 Å². The molecule has 0 aromatic rings. The van der Waals surface area contributed by atoms with Crippen molar-refractivity contribution in [1.82, 2.24) is 5.32 Å². The number of carbonyl (C=O) groups excluding carboxylic acids is 1. The van der Waals surface area contributed by atoms with Crippen LogP contribution in [0.5, 0.6) is 0 Å². The molecule has 0 aromatic carbocycles. The van der Waals surface area contributed by atoms with Gasteiger partial charge in [0, 0.05) is 11.9 Å². The van der Waals surface area contributed by atoms with Crippen LogP contribution >= 0.6 is 15.9 Å². The lowest BCUT2D eigenvalue weighted by Crippen LogP contribution is -2.36. The third-order valence-electron chi connectivity index (χ3n) is 2.79. The van der Waals surface area contributed by atoms with Gasteiger partial charge < -0.3 is 5.32 Å². The molecule has 0 fully saturated rings. The first kappa shape index (κ1) is 17.9. The highest BCUT2D eigenvalue weighted by Gasteiger charge is 2.29. The summed E-state index contributed by atoms with van der Waals surface area (Å²) >= 11 is 3.35. The molecule has 0 bridgehead atoms. The van der Waals surface area contributed by atoms with E-state index >= 15 is 0 Å². The Balaban J connectivity index is 4.51. The normalized spacial score (nSPS) is 14.3. The standard InChI is InChI=1S/C12H24BrNO3S/c1-5-6-14-11(15)9-18(16,17)8-10(7-13)12(2,3)4/h10H,5-9H2,1-4H3,(H,14,15). The molecule has 1 amide bonds. The van der Waals surface area contributed by atoms with Crippen LogP contribution < -0.4 is 5.32 Å². The van der Waals surface area contributed by atoms with E-state index in [9.17, 15) is 13.2 Å². The molecule has 0 aliphatic rings. The molecular formula is C12H24BrNO3S. The summed E-state index contributed by atoms with van der Waals surface area (Å²) in [5.41, 5.74) is -0.101. The predicted octanol–water partition coefficient (Wildman–Crippen LogP) is 1.98. The first-order valence-corrected chi connectivity index (χ1v) is 9.09. The third kappa shape index (κ3) is 7.36. The van der Waals surface area contributed by atoms with Gasteiger partial charge in [0.2, 0.25) is 5.91 Å². The molecule has 0 aromatic heterocycles. The minimum atomic E-state index is -3.35. The van der Waals surface area contributed by atoms with E-state index in [1.807, 2.05) is 27.7 Å². The molecule has 6 heteroatoms. The molecule has 0 aliphatic heterocycles. The molecule has 1 N–H and O–H groups in total. The fraction of sp³-hybridized carbons (Fsp3) is 0.917.